The van der Waals surface area contributed by atoms with Crippen LogP contribution in [0, 0.1) is 12.3 Å². The van der Waals surface area contributed by atoms with Crippen LogP contribution in [0.1, 0.15) is 25.3 Å². The summed E-state index contributed by atoms with van der Waals surface area (Å²) in [5.41, 5.74) is 0.942. The highest BCUT2D eigenvalue weighted by atomic mass is 79.9. The molecule has 0 saturated carbocycles. The Kier molecular flexibility index (Phi) is 4.72. The predicted octanol–water partition coefficient (Wildman–Crippen LogP) is 2.91. The molecule has 0 amide bonds. The van der Waals surface area contributed by atoms with Crippen molar-refractivity contribution in [1.82, 2.24) is 4.72 Å². The molecule has 1 fully saturated rings. The molecular formula is C12H18BrNO3S2. The summed E-state index contributed by atoms with van der Waals surface area (Å²) in [5, 5.41) is 0. The smallest absolute Gasteiger partial charge is 0.250 e. The van der Waals surface area contributed by atoms with Gasteiger partial charge < -0.3 is 4.74 Å². The van der Waals surface area contributed by atoms with Crippen LogP contribution in [0.4, 0.5) is 0 Å². The second-order valence-electron chi connectivity index (χ2n) is 5.27. The highest BCUT2D eigenvalue weighted by Gasteiger charge is 2.29. The fraction of sp³-hybridized carbons (Fsp3) is 0.667. The van der Waals surface area contributed by atoms with Crippen LogP contribution < -0.4 is 4.72 Å². The molecule has 2 rings (SSSR count). The summed E-state index contributed by atoms with van der Waals surface area (Å²) in [4.78, 5) is 0. The van der Waals surface area contributed by atoms with Gasteiger partial charge in [0.15, 0.2) is 0 Å². The van der Waals surface area contributed by atoms with E-state index in [1.165, 1.54) is 11.3 Å². The first-order valence-electron chi connectivity index (χ1n) is 6.16. The van der Waals surface area contributed by atoms with Gasteiger partial charge in [-0.1, -0.05) is 6.92 Å². The topological polar surface area (TPSA) is 55.4 Å². The minimum absolute atomic E-state index is 0.00510. The van der Waals surface area contributed by atoms with Gasteiger partial charge in [0.25, 0.3) is 0 Å². The third kappa shape index (κ3) is 3.78. The van der Waals surface area contributed by atoms with Crippen LogP contribution in [0.5, 0.6) is 0 Å². The molecule has 0 aromatic carbocycles. The molecule has 1 N–H and O–H groups in total. The Labute approximate surface area is 126 Å². The third-order valence-electron chi connectivity index (χ3n) is 3.49. The van der Waals surface area contributed by atoms with Gasteiger partial charge in [-0.05, 0) is 52.7 Å². The lowest BCUT2D eigenvalue weighted by molar-refractivity contribution is 0.0265. The second-order valence-corrected chi connectivity index (χ2v) is 9.63. The standard InChI is InChI=1S/C12H18BrNO3S2/c1-9-7-10(18-11(9)13)19(15,16)14-8-12(2)3-5-17-6-4-12/h7,14H,3-6,8H2,1-2H3. The lowest BCUT2D eigenvalue weighted by Gasteiger charge is -2.33. The average molecular weight is 368 g/mol. The molecule has 1 aliphatic heterocycles. The zero-order valence-corrected chi connectivity index (χ0v) is 14.3. The lowest BCUT2D eigenvalue weighted by atomic mass is 9.83. The molecule has 1 aromatic rings. The SMILES string of the molecule is Cc1cc(S(=O)(=O)NCC2(C)CCOCC2)sc1Br. The minimum atomic E-state index is -3.40. The number of rotatable bonds is 4. The average Bonchev–Trinajstić information content (AvgIpc) is 2.69. The molecule has 108 valence electrons. The fourth-order valence-electron chi connectivity index (χ4n) is 1.95. The van der Waals surface area contributed by atoms with Crippen molar-refractivity contribution in [2.45, 2.75) is 30.9 Å². The maximum atomic E-state index is 12.2. The maximum absolute atomic E-state index is 12.2. The van der Waals surface area contributed by atoms with Gasteiger partial charge in [0.1, 0.15) is 4.21 Å². The fourth-order valence-corrected chi connectivity index (χ4v) is 5.42. The summed E-state index contributed by atoms with van der Waals surface area (Å²) in [6, 6.07) is 1.70. The van der Waals surface area contributed by atoms with Gasteiger partial charge >= 0.3 is 0 Å². The normalized spacial score (nSPS) is 19.5. The van der Waals surface area contributed by atoms with Crippen LogP contribution in [-0.2, 0) is 14.8 Å². The van der Waals surface area contributed by atoms with Crippen LogP contribution in [0.25, 0.3) is 0 Å². The van der Waals surface area contributed by atoms with E-state index in [0.717, 1.165) is 22.2 Å². The molecule has 1 aliphatic rings. The second kappa shape index (κ2) is 5.81. The quantitative estimate of drug-likeness (QED) is 0.889. The molecule has 7 heteroatoms. The van der Waals surface area contributed by atoms with Crippen molar-refractivity contribution in [3.8, 4) is 0 Å². The molecule has 0 atom stereocenters. The molecule has 4 nitrogen and oxygen atoms in total. The molecule has 1 aromatic heterocycles. The van der Waals surface area contributed by atoms with Crippen molar-refractivity contribution in [3.63, 3.8) is 0 Å². The van der Waals surface area contributed by atoms with E-state index in [1.54, 1.807) is 6.07 Å². The Balaban J connectivity index is 2.05. The van der Waals surface area contributed by atoms with Gasteiger partial charge in [-0.2, -0.15) is 0 Å². The van der Waals surface area contributed by atoms with Gasteiger partial charge in [-0.3, -0.25) is 0 Å². The number of nitrogens with one attached hydrogen (secondary N) is 1. The monoisotopic (exact) mass is 367 g/mol. The molecule has 0 unspecified atom stereocenters. The van der Waals surface area contributed by atoms with Gasteiger partial charge in [-0.15, -0.1) is 11.3 Å². The Bertz CT molecular complexity index is 528. The van der Waals surface area contributed by atoms with Crippen molar-refractivity contribution < 1.29 is 13.2 Å². The molecular weight excluding hydrogens is 350 g/mol. The summed E-state index contributed by atoms with van der Waals surface area (Å²) in [6.07, 6.45) is 1.78. The highest BCUT2D eigenvalue weighted by Crippen LogP contribution is 2.32. The number of aryl methyl sites for hydroxylation is 1. The number of hydrogen-bond acceptors (Lipinski definition) is 4. The van der Waals surface area contributed by atoms with E-state index >= 15 is 0 Å². The molecule has 2 heterocycles. The predicted molar refractivity (Wildman–Crippen MR) is 80.1 cm³/mol. The van der Waals surface area contributed by atoms with Gasteiger partial charge in [0.05, 0.1) is 3.79 Å². The first kappa shape index (κ1) is 15.4. The first-order valence-corrected chi connectivity index (χ1v) is 9.25. The van der Waals surface area contributed by atoms with E-state index in [-0.39, 0.29) is 5.41 Å². The van der Waals surface area contributed by atoms with Crippen LogP contribution in [0.2, 0.25) is 0 Å². The van der Waals surface area contributed by atoms with Gasteiger partial charge in [0.2, 0.25) is 10.0 Å². The molecule has 0 radical (unpaired) electrons. The molecule has 1 saturated heterocycles. The van der Waals surface area contributed by atoms with E-state index in [4.69, 9.17) is 4.74 Å². The van der Waals surface area contributed by atoms with E-state index < -0.39 is 10.0 Å². The van der Waals surface area contributed by atoms with Crippen LogP contribution in [0.15, 0.2) is 14.1 Å². The van der Waals surface area contributed by atoms with Crippen molar-refractivity contribution in [2.75, 3.05) is 19.8 Å². The number of halogens is 1. The first-order chi connectivity index (χ1) is 8.82. The zero-order valence-electron chi connectivity index (χ0n) is 11.0. The number of hydrogen-bond donors (Lipinski definition) is 1. The van der Waals surface area contributed by atoms with Crippen molar-refractivity contribution in [2.24, 2.45) is 5.41 Å². The highest BCUT2D eigenvalue weighted by molar-refractivity contribution is 9.11. The molecule has 0 aliphatic carbocycles. The zero-order chi connectivity index (χ0) is 14.1. The minimum Gasteiger partial charge on any atom is -0.381 e. The Morgan fingerprint density at radius 1 is 1.47 bits per heavy atom. The lowest BCUT2D eigenvalue weighted by Crippen LogP contribution is -2.39. The van der Waals surface area contributed by atoms with E-state index in [2.05, 4.69) is 27.6 Å². The number of sulfonamides is 1. The van der Waals surface area contributed by atoms with Crippen molar-refractivity contribution in [1.29, 1.82) is 0 Å². The van der Waals surface area contributed by atoms with Crippen molar-refractivity contribution in [3.05, 3.63) is 15.4 Å². The van der Waals surface area contributed by atoms with Crippen LogP contribution in [-0.4, -0.2) is 28.2 Å². The summed E-state index contributed by atoms with van der Waals surface area (Å²) in [7, 11) is -3.40. The van der Waals surface area contributed by atoms with E-state index in [9.17, 15) is 8.42 Å². The summed E-state index contributed by atoms with van der Waals surface area (Å²) >= 11 is 4.60. The Morgan fingerprint density at radius 2 is 2.11 bits per heavy atom. The van der Waals surface area contributed by atoms with Crippen molar-refractivity contribution >= 4 is 37.3 Å². The van der Waals surface area contributed by atoms with Gasteiger partial charge in [-0.25, -0.2) is 13.1 Å². The number of thiophene rings is 1. The summed E-state index contributed by atoms with van der Waals surface area (Å²) in [5.74, 6) is 0. The Morgan fingerprint density at radius 3 is 2.63 bits per heavy atom. The molecule has 0 bridgehead atoms. The third-order valence-corrected chi connectivity index (χ3v) is 7.50. The van der Waals surface area contributed by atoms with E-state index in [1.807, 2.05) is 6.92 Å². The van der Waals surface area contributed by atoms with E-state index in [0.29, 0.717) is 24.0 Å². The maximum Gasteiger partial charge on any atom is 0.250 e. The molecule has 19 heavy (non-hydrogen) atoms. The largest absolute Gasteiger partial charge is 0.381 e. The summed E-state index contributed by atoms with van der Waals surface area (Å²) < 4.78 is 33.7. The van der Waals surface area contributed by atoms with Crippen LogP contribution >= 0.6 is 27.3 Å². The number of ether oxygens (including phenoxy) is 1. The molecule has 0 spiro atoms. The van der Waals surface area contributed by atoms with Crippen LogP contribution in [0.3, 0.4) is 0 Å². The summed E-state index contributed by atoms with van der Waals surface area (Å²) in [6.45, 7) is 5.88. The Hall–Kier alpha value is 0.0500. The van der Waals surface area contributed by atoms with Gasteiger partial charge in [0, 0.05) is 19.8 Å².